The van der Waals surface area contributed by atoms with E-state index in [0.717, 1.165) is 18.6 Å². The molecule has 3 heteroatoms. The summed E-state index contributed by atoms with van der Waals surface area (Å²) < 4.78 is 4.50. The van der Waals surface area contributed by atoms with Gasteiger partial charge in [0.05, 0.1) is 6.61 Å². The lowest BCUT2D eigenvalue weighted by Crippen LogP contribution is -1.91. The molecule has 1 radical (unpaired) electrons. The smallest absolute Gasteiger partial charge is 0.417 e. The molecule has 1 rings (SSSR count). The van der Waals surface area contributed by atoms with E-state index < -0.39 is 0 Å². The van der Waals surface area contributed by atoms with E-state index in [1.54, 1.807) is 0 Å². The van der Waals surface area contributed by atoms with Gasteiger partial charge in [0, 0.05) is 4.90 Å². The van der Waals surface area contributed by atoms with Crippen LogP contribution in [0.2, 0.25) is 0 Å². The lowest BCUT2D eigenvalue weighted by atomic mass is 10.2. The van der Waals surface area contributed by atoms with E-state index >= 15 is 0 Å². The molecule has 0 N–H and O–H groups in total. The Morgan fingerprint density at radius 1 is 1.06 bits per heavy atom. The van der Waals surface area contributed by atoms with Gasteiger partial charge in [0.2, 0.25) is 0 Å². The zero-order valence-electron chi connectivity index (χ0n) is 9.35. The van der Waals surface area contributed by atoms with Crippen LogP contribution in [0.5, 0.6) is 0 Å². The molecule has 0 fully saturated rings. The Kier molecular flexibility index (Phi) is 7.60. The van der Waals surface area contributed by atoms with E-state index in [2.05, 4.69) is 29.0 Å². The van der Waals surface area contributed by atoms with Crippen LogP contribution in [0.4, 0.5) is 0 Å². The predicted octanol–water partition coefficient (Wildman–Crippen LogP) is 3.42. The first kappa shape index (κ1) is 13.1. The highest BCUT2D eigenvalue weighted by molar-refractivity contribution is 7.99. The van der Waals surface area contributed by atoms with Gasteiger partial charge in [-0.25, -0.2) is 4.79 Å². The summed E-state index contributed by atoms with van der Waals surface area (Å²) in [6, 6.07) is 10.4. The van der Waals surface area contributed by atoms with Crippen molar-refractivity contribution in [3.63, 3.8) is 0 Å². The molecule has 0 bridgehead atoms. The van der Waals surface area contributed by atoms with Gasteiger partial charge < -0.3 is 4.74 Å². The summed E-state index contributed by atoms with van der Waals surface area (Å²) in [6.07, 6.45) is 4.48. The van der Waals surface area contributed by atoms with Gasteiger partial charge in [-0.1, -0.05) is 31.0 Å². The third kappa shape index (κ3) is 6.51. The number of hydrogen-bond donors (Lipinski definition) is 0. The number of ether oxygens (including phenoxy) is 1. The van der Waals surface area contributed by atoms with Crippen molar-refractivity contribution < 1.29 is 9.53 Å². The number of unbranched alkanes of at least 4 members (excludes halogenated alkanes) is 3. The molecule has 0 aromatic heterocycles. The Morgan fingerprint density at radius 3 is 2.56 bits per heavy atom. The zero-order valence-corrected chi connectivity index (χ0v) is 10.2. The van der Waals surface area contributed by atoms with Crippen molar-refractivity contribution in [1.29, 1.82) is 0 Å². The van der Waals surface area contributed by atoms with Gasteiger partial charge in [-0.2, -0.15) is 0 Å². The van der Waals surface area contributed by atoms with E-state index in [9.17, 15) is 4.79 Å². The molecule has 0 unspecified atom stereocenters. The van der Waals surface area contributed by atoms with Crippen molar-refractivity contribution >= 4 is 18.2 Å². The highest BCUT2D eigenvalue weighted by Crippen LogP contribution is 2.18. The highest BCUT2D eigenvalue weighted by atomic mass is 32.2. The standard InChI is InChI=1S/C13H17O2S/c14-12-15-10-6-1-2-7-11-16-13-8-4-3-5-9-13/h3-5,8-9H,1-2,6-7,10-11H2. The Hall–Kier alpha value is -0.960. The largest absolute Gasteiger partial charge is 0.457 e. The van der Waals surface area contributed by atoms with Crippen molar-refractivity contribution in [3.05, 3.63) is 30.3 Å². The summed E-state index contributed by atoms with van der Waals surface area (Å²) in [5, 5.41) is 0. The summed E-state index contributed by atoms with van der Waals surface area (Å²) in [6.45, 7) is 1.95. The molecule has 0 saturated heterocycles. The molecule has 1 aromatic carbocycles. The van der Waals surface area contributed by atoms with Crippen LogP contribution in [0.15, 0.2) is 35.2 Å². The van der Waals surface area contributed by atoms with Crippen LogP contribution in [0, 0.1) is 0 Å². The molecule has 0 amide bonds. The maximum Gasteiger partial charge on any atom is 0.417 e. The normalized spacial score (nSPS) is 10.0. The third-order valence-corrected chi connectivity index (χ3v) is 3.31. The van der Waals surface area contributed by atoms with Crippen LogP contribution in [0.3, 0.4) is 0 Å². The van der Waals surface area contributed by atoms with Gasteiger partial charge in [-0.15, -0.1) is 11.8 Å². The van der Waals surface area contributed by atoms with E-state index in [4.69, 9.17) is 0 Å². The summed E-state index contributed by atoms with van der Waals surface area (Å²) >= 11 is 1.90. The Labute approximate surface area is 101 Å². The first-order chi connectivity index (χ1) is 7.93. The van der Waals surface area contributed by atoms with E-state index in [-0.39, 0.29) is 0 Å². The van der Waals surface area contributed by atoms with Crippen LogP contribution in [0.1, 0.15) is 25.7 Å². The zero-order chi connectivity index (χ0) is 11.5. The number of hydrogen-bond acceptors (Lipinski definition) is 3. The second kappa shape index (κ2) is 9.28. The maximum absolute atomic E-state index is 9.75. The molecular formula is C13H17O2S. The minimum absolute atomic E-state index is 0.509. The molecule has 2 nitrogen and oxygen atoms in total. The molecular weight excluding hydrogens is 220 g/mol. The van der Waals surface area contributed by atoms with E-state index in [1.807, 2.05) is 17.8 Å². The van der Waals surface area contributed by atoms with Crippen molar-refractivity contribution in [3.8, 4) is 0 Å². The Balaban J connectivity index is 1.90. The Morgan fingerprint density at radius 2 is 1.81 bits per heavy atom. The molecule has 0 aliphatic rings. The van der Waals surface area contributed by atoms with Gasteiger partial charge >= 0.3 is 6.47 Å². The highest BCUT2D eigenvalue weighted by Gasteiger charge is 1.94. The molecule has 0 atom stereocenters. The van der Waals surface area contributed by atoms with E-state index in [1.165, 1.54) is 24.2 Å². The fourth-order valence-corrected chi connectivity index (χ4v) is 2.31. The fraction of sp³-hybridized carbons (Fsp3) is 0.462. The quantitative estimate of drug-likeness (QED) is 0.486. The fourth-order valence-electron chi connectivity index (χ4n) is 1.38. The van der Waals surface area contributed by atoms with Crippen LogP contribution in [0.25, 0.3) is 0 Å². The summed E-state index contributed by atoms with van der Waals surface area (Å²) in [4.78, 5) is 11.1. The minimum Gasteiger partial charge on any atom is -0.457 e. The SMILES string of the molecule is O=[C]OCCCCCCSc1ccccc1. The summed E-state index contributed by atoms with van der Waals surface area (Å²) in [5.41, 5.74) is 0. The number of thioether (sulfide) groups is 1. The average molecular weight is 237 g/mol. The van der Waals surface area contributed by atoms with Crippen molar-refractivity contribution in [1.82, 2.24) is 0 Å². The monoisotopic (exact) mass is 237 g/mol. The van der Waals surface area contributed by atoms with Crippen LogP contribution in [-0.4, -0.2) is 18.8 Å². The van der Waals surface area contributed by atoms with Gasteiger partial charge in [0.1, 0.15) is 0 Å². The number of benzene rings is 1. The van der Waals surface area contributed by atoms with Gasteiger partial charge in [0.15, 0.2) is 0 Å². The van der Waals surface area contributed by atoms with Gasteiger partial charge in [0.25, 0.3) is 0 Å². The molecule has 1 aromatic rings. The van der Waals surface area contributed by atoms with Crippen molar-refractivity contribution in [2.75, 3.05) is 12.4 Å². The van der Waals surface area contributed by atoms with E-state index in [0.29, 0.717) is 6.61 Å². The first-order valence-electron chi connectivity index (χ1n) is 5.60. The molecule has 16 heavy (non-hydrogen) atoms. The second-order valence-electron chi connectivity index (χ2n) is 3.51. The van der Waals surface area contributed by atoms with Gasteiger partial charge in [-0.05, 0) is 30.7 Å². The predicted molar refractivity (Wildman–Crippen MR) is 67.3 cm³/mol. The minimum atomic E-state index is 0.509. The van der Waals surface area contributed by atoms with Crippen LogP contribution in [-0.2, 0) is 9.53 Å². The second-order valence-corrected chi connectivity index (χ2v) is 4.68. The Bertz CT molecular complexity index is 275. The topological polar surface area (TPSA) is 26.3 Å². The van der Waals surface area contributed by atoms with Crippen LogP contribution >= 0.6 is 11.8 Å². The molecule has 0 spiro atoms. The lowest BCUT2D eigenvalue weighted by molar-refractivity contribution is 0.269. The summed E-state index contributed by atoms with van der Waals surface area (Å²) in [7, 11) is 0. The van der Waals surface area contributed by atoms with Crippen molar-refractivity contribution in [2.45, 2.75) is 30.6 Å². The molecule has 87 valence electrons. The number of carbonyl (C=O) groups excluding carboxylic acids is 1. The third-order valence-electron chi connectivity index (χ3n) is 2.21. The average Bonchev–Trinajstić information content (AvgIpc) is 2.34. The molecule has 0 aliphatic heterocycles. The summed E-state index contributed by atoms with van der Waals surface area (Å²) in [5.74, 6) is 1.16. The lowest BCUT2D eigenvalue weighted by Gasteiger charge is -2.01. The molecule has 0 saturated carbocycles. The maximum atomic E-state index is 9.75. The van der Waals surface area contributed by atoms with Gasteiger partial charge in [-0.3, -0.25) is 0 Å². The first-order valence-corrected chi connectivity index (χ1v) is 6.59. The molecule has 0 aliphatic carbocycles. The number of rotatable bonds is 9. The van der Waals surface area contributed by atoms with Crippen LogP contribution < -0.4 is 0 Å². The molecule has 0 heterocycles. The van der Waals surface area contributed by atoms with Crippen molar-refractivity contribution in [2.24, 2.45) is 0 Å².